The minimum atomic E-state index is -0.606. The summed E-state index contributed by atoms with van der Waals surface area (Å²) in [4.78, 5) is 13.8. The number of halogens is 1. The van der Waals surface area contributed by atoms with Crippen LogP contribution in [0.2, 0.25) is 0 Å². The zero-order valence-corrected chi connectivity index (χ0v) is 5.75. The highest BCUT2D eigenvalue weighted by Gasteiger charge is 2.00. The van der Waals surface area contributed by atoms with E-state index in [4.69, 9.17) is 0 Å². The molecule has 0 radical (unpaired) electrons. The Morgan fingerprint density at radius 3 is 2.82 bits per heavy atom. The van der Waals surface area contributed by atoms with Crippen molar-refractivity contribution in [2.24, 2.45) is 0 Å². The molecular weight excluding hydrogens is 145 g/mol. The summed E-state index contributed by atoms with van der Waals surface area (Å²) >= 11 is 0. The zero-order valence-electron chi connectivity index (χ0n) is 5.75. The van der Waals surface area contributed by atoms with Gasteiger partial charge < -0.3 is 0 Å². The van der Waals surface area contributed by atoms with Crippen LogP contribution in [0, 0.1) is 5.82 Å². The van der Waals surface area contributed by atoms with Gasteiger partial charge in [-0.2, -0.15) is 0 Å². The van der Waals surface area contributed by atoms with E-state index in [9.17, 15) is 9.18 Å². The van der Waals surface area contributed by atoms with Crippen molar-refractivity contribution in [3.05, 3.63) is 35.9 Å². The van der Waals surface area contributed by atoms with Crippen LogP contribution in [-0.4, -0.2) is 11.3 Å². The molecule has 11 heavy (non-hydrogen) atoms. The molecule has 0 spiro atoms. The molecule has 0 fully saturated rings. The van der Waals surface area contributed by atoms with Crippen LogP contribution in [0.3, 0.4) is 0 Å². The molecule has 1 aromatic heterocycles. The minimum absolute atomic E-state index is 0.178. The monoisotopic (exact) mass is 151 g/mol. The van der Waals surface area contributed by atoms with Crippen LogP contribution in [0.1, 0.15) is 16.2 Å². The molecule has 0 saturated carbocycles. The standard InChI is InChI=1S/C8H6FNO/c1-2-6-3-4-7(9)8(5-11)10-6/h2-5H,1H2. The lowest BCUT2D eigenvalue weighted by molar-refractivity contribution is 0.111. The first-order chi connectivity index (χ1) is 5.27. The van der Waals surface area contributed by atoms with Crippen molar-refractivity contribution in [2.45, 2.75) is 0 Å². The quantitative estimate of drug-likeness (QED) is 0.602. The second-order valence-electron chi connectivity index (χ2n) is 1.93. The van der Waals surface area contributed by atoms with Crippen LogP contribution in [0.4, 0.5) is 4.39 Å². The fourth-order valence-electron chi connectivity index (χ4n) is 0.670. The number of nitrogens with zero attached hydrogens (tertiary/aromatic N) is 1. The van der Waals surface area contributed by atoms with Gasteiger partial charge in [0.2, 0.25) is 0 Å². The Labute approximate surface area is 63.4 Å². The number of carbonyl (C=O) groups is 1. The molecule has 0 atom stereocenters. The third-order valence-electron chi connectivity index (χ3n) is 1.22. The molecule has 1 rings (SSSR count). The summed E-state index contributed by atoms with van der Waals surface area (Å²) in [7, 11) is 0. The number of hydrogen-bond acceptors (Lipinski definition) is 2. The van der Waals surface area contributed by atoms with E-state index in [1.807, 2.05) is 0 Å². The van der Waals surface area contributed by atoms with Crippen molar-refractivity contribution in [1.82, 2.24) is 4.98 Å². The lowest BCUT2D eigenvalue weighted by Gasteiger charge is -1.94. The average molecular weight is 151 g/mol. The predicted octanol–water partition coefficient (Wildman–Crippen LogP) is 1.68. The molecule has 1 aromatic rings. The van der Waals surface area contributed by atoms with Crippen molar-refractivity contribution >= 4 is 12.4 Å². The maximum atomic E-state index is 12.6. The molecule has 1 heterocycles. The Morgan fingerprint density at radius 2 is 2.27 bits per heavy atom. The summed E-state index contributed by atoms with van der Waals surface area (Å²) < 4.78 is 12.6. The highest BCUT2D eigenvalue weighted by Crippen LogP contribution is 2.03. The highest BCUT2D eigenvalue weighted by molar-refractivity contribution is 5.72. The van der Waals surface area contributed by atoms with Gasteiger partial charge in [-0.25, -0.2) is 9.37 Å². The van der Waals surface area contributed by atoms with Crippen molar-refractivity contribution in [3.63, 3.8) is 0 Å². The van der Waals surface area contributed by atoms with Crippen molar-refractivity contribution in [2.75, 3.05) is 0 Å². The van der Waals surface area contributed by atoms with Crippen LogP contribution in [0.15, 0.2) is 18.7 Å². The molecule has 0 bridgehead atoms. The first-order valence-electron chi connectivity index (χ1n) is 3.02. The van der Waals surface area contributed by atoms with Crippen LogP contribution >= 0.6 is 0 Å². The van der Waals surface area contributed by atoms with E-state index >= 15 is 0 Å². The Balaban J connectivity index is 3.22. The Kier molecular flexibility index (Phi) is 2.11. The predicted molar refractivity (Wildman–Crippen MR) is 39.7 cm³/mol. The van der Waals surface area contributed by atoms with Gasteiger partial charge in [-0.1, -0.05) is 6.58 Å². The average Bonchev–Trinajstić information content (AvgIpc) is 2.05. The molecule has 56 valence electrons. The van der Waals surface area contributed by atoms with E-state index in [2.05, 4.69) is 11.6 Å². The van der Waals surface area contributed by atoms with E-state index in [-0.39, 0.29) is 5.69 Å². The molecule has 0 aliphatic carbocycles. The zero-order chi connectivity index (χ0) is 8.27. The topological polar surface area (TPSA) is 30.0 Å². The van der Waals surface area contributed by atoms with Crippen LogP contribution in [0.5, 0.6) is 0 Å². The van der Waals surface area contributed by atoms with Gasteiger partial charge in [-0.3, -0.25) is 4.79 Å². The minimum Gasteiger partial charge on any atom is -0.296 e. The van der Waals surface area contributed by atoms with E-state index in [1.165, 1.54) is 18.2 Å². The Bertz CT molecular complexity index is 296. The third-order valence-corrected chi connectivity index (χ3v) is 1.22. The summed E-state index contributed by atoms with van der Waals surface area (Å²) in [5, 5.41) is 0. The summed E-state index contributed by atoms with van der Waals surface area (Å²) in [6, 6.07) is 2.64. The molecule has 3 heteroatoms. The highest BCUT2D eigenvalue weighted by atomic mass is 19.1. The number of rotatable bonds is 2. The number of aromatic nitrogens is 1. The lowest BCUT2D eigenvalue weighted by atomic mass is 10.3. The summed E-state index contributed by atoms with van der Waals surface area (Å²) in [6.07, 6.45) is 1.83. The molecule has 0 aromatic carbocycles. The molecule has 2 nitrogen and oxygen atoms in total. The van der Waals surface area contributed by atoms with Crippen LogP contribution < -0.4 is 0 Å². The van der Waals surface area contributed by atoms with E-state index in [0.717, 1.165) is 0 Å². The number of carbonyl (C=O) groups excluding carboxylic acids is 1. The maximum Gasteiger partial charge on any atom is 0.171 e. The molecule has 0 N–H and O–H groups in total. The molecule has 0 saturated heterocycles. The third kappa shape index (κ3) is 1.49. The second kappa shape index (κ2) is 3.05. The lowest BCUT2D eigenvalue weighted by Crippen LogP contribution is -1.93. The molecule has 0 amide bonds. The Morgan fingerprint density at radius 1 is 1.55 bits per heavy atom. The van der Waals surface area contributed by atoms with Gasteiger partial charge in [0.15, 0.2) is 12.1 Å². The van der Waals surface area contributed by atoms with Crippen molar-refractivity contribution in [1.29, 1.82) is 0 Å². The van der Waals surface area contributed by atoms with E-state index in [0.29, 0.717) is 12.0 Å². The van der Waals surface area contributed by atoms with Gasteiger partial charge in [0.25, 0.3) is 0 Å². The van der Waals surface area contributed by atoms with Gasteiger partial charge in [0, 0.05) is 0 Å². The van der Waals surface area contributed by atoms with Gasteiger partial charge in [0.1, 0.15) is 5.69 Å². The summed E-state index contributed by atoms with van der Waals surface area (Å²) in [5.74, 6) is -0.606. The van der Waals surface area contributed by atoms with E-state index < -0.39 is 5.82 Å². The second-order valence-corrected chi connectivity index (χ2v) is 1.93. The molecule has 0 aliphatic heterocycles. The van der Waals surface area contributed by atoms with E-state index in [1.54, 1.807) is 0 Å². The molecular formula is C8H6FNO. The maximum absolute atomic E-state index is 12.6. The number of aldehydes is 1. The fourth-order valence-corrected chi connectivity index (χ4v) is 0.670. The fraction of sp³-hybridized carbons (Fsp3) is 0. The first kappa shape index (κ1) is 7.60. The van der Waals surface area contributed by atoms with Crippen molar-refractivity contribution in [3.8, 4) is 0 Å². The summed E-state index contributed by atoms with van der Waals surface area (Å²) in [6.45, 7) is 3.44. The normalized spacial score (nSPS) is 9.18. The number of pyridine rings is 1. The smallest absolute Gasteiger partial charge is 0.171 e. The van der Waals surface area contributed by atoms with Gasteiger partial charge in [0.05, 0.1) is 5.69 Å². The van der Waals surface area contributed by atoms with Gasteiger partial charge in [-0.15, -0.1) is 0 Å². The Hall–Kier alpha value is -1.51. The van der Waals surface area contributed by atoms with Crippen LogP contribution in [-0.2, 0) is 0 Å². The SMILES string of the molecule is C=Cc1ccc(F)c(C=O)n1. The first-order valence-corrected chi connectivity index (χ1v) is 3.02. The van der Waals surface area contributed by atoms with Gasteiger partial charge >= 0.3 is 0 Å². The number of hydrogen-bond donors (Lipinski definition) is 0. The largest absolute Gasteiger partial charge is 0.296 e. The molecule has 0 unspecified atom stereocenters. The van der Waals surface area contributed by atoms with Crippen molar-refractivity contribution < 1.29 is 9.18 Å². The summed E-state index contributed by atoms with van der Waals surface area (Å²) in [5.41, 5.74) is 0.316. The van der Waals surface area contributed by atoms with Crippen LogP contribution in [0.25, 0.3) is 6.08 Å². The molecule has 0 aliphatic rings. The van der Waals surface area contributed by atoms with Gasteiger partial charge in [-0.05, 0) is 18.2 Å².